The zero-order chi connectivity index (χ0) is 17.1. The Morgan fingerprint density at radius 2 is 2.25 bits per heavy atom. The number of amides is 2. The number of hydrogen-bond donors (Lipinski definition) is 1. The van der Waals surface area contributed by atoms with Gasteiger partial charge in [0.1, 0.15) is 5.76 Å². The summed E-state index contributed by atoms with van der Waals surface area (Å²) in [5.41, 5.74) is 7.80. The zero-order valence-corrected chi connectivity index (χ0v) is 13.7. The number of furan rings is 1. The van der Waals surface area contributed by atoms with E-state index in [2.05, 4.69) is 11.1 Å². The normalized spacial score (nSPS) is 16.5. The lowest BCUT2D eigenvalue weighted by Crippen LogP contribution is -2.37. The van der Waals surface area contributed by atoms with Gasteiger partial charge in [-0.25, -0.2) is 0 Å². The van der Waals surface area contributed by atoms with Gasteiger partial charge in [0.25, 0.3) is 5.91 Å². The second-order valence-corrected chi connectivity index (χ2v) is 5.95. The number of rotatable bonds is 5. The average molecular weight is 327 g/mol. The lowest BCUT2D eigenvalue weighted by atomic mass is 9.90. The third kappa shape index (κ3) is 3.04. The van der Waals surface area contributed by atoms with E-state index in [1.54, 1.807) is 17.2 Å². The van der Waals surface area contributed by atoms with Crippen molar-refractivity contribution in [2.24, 2.45) is 5.73 Å². The van der Waals surface area contributed by atoms with Gasteiger partial charge in [0.15, 0.2) is 0 Å². The highest BCUT2D eigenvalue weighted by atomic mass is 16.3. The lowest BCUT2D eigenvalue weighted by molar-refractivity contribution is -0.117. The Kier molecular flexibility index (Phi) is 4.64. The monoisotopic (exact) mass is 327 g/mol. The third-order valence-corrected chi connectivity index (χ3v) is 4.45. The fraction of sp³-hybridized carbons (Fsp3) is 0.389. The molecule has 3 rings (SSSR count). The highest BCUT2D eigenvalue weighted by Gasteiger charge is 2.31. The third-order valence-electron chi connectivity index (χ3n) is 4.45. The summed E-state index contributed by atoms with van der Waals surface area (Å²) < 4.78 is 5.28. The molecule has 2 aromatic heterocycles. The molecule has 0 aromatic carbocycles. The molecule has 0 radical (unpaired) electrons. The molecule has 2 heterocycles. The molecule has 6 heteroatoms. The summed E-state index contributed by atoms with van der Waals surface area (Å²) in [7, 11) is 0. The number of aryl methyl sites for hydroxylation is 1. The summed E-state index contributed by atoms with van der Waals surface area (Å²) in [6, 6.07) is 5.55. The molecule has 0 fully saturated rings. The first kappa shape index (κ1) is 16.2. The molecule has 2 N–H and O–H groups in total. The van der Waals surface area contributed by atoms with Gasteiger partial charge >= 0.3 is 0 Å². The summed E-state index contributed by atoms with van der Waals surface area (Å²) in [5, 5.41) is 0. The van der Waals surface area contributed by atoms with Gasteiger partial charge in [-0.1, -0.05) is 6.07 Å². The fourth-order valence-corrected chi connectivity index (χ4v) is 3.37. The number of nitrogens with two attached hydrogens (primary N) is 1. The second kappa shape index (κ2) is 6.86. The first-order valence-electron chi connectivity index (χ1n) is 8.21. The number of carbonyl (C=O) groups is 2. The molecule has 1 unspecified atom stereocenters. The van der Waals surface area contributed by atoms with Crippen LogP contribution in [0.5, 0.6) is 0 Å². The van der Waals surface area contributed by atoms with Crippen molar-refractivity contribution in [3.05, 3.63) is 53.2 Å². The van der Waals surface area contributed by atoms with Crippen LogP contribution in [0.3, 0.4) is 0 Å². The van der Waals surface area contributed by atoms with Crippen LogP contribution in [0.4, 0.5) is 0 Å². The SMILES string of the molecule is CCN(C(=O)c1ccoc1CC(N)=O)C1CCCc2cccnc21. The van der Waals surface area contributed by atoms with E-state index in [9.17, 15) is 9.59 Å². The van der Waals surface area contributed by atoms with Crippen molar-refractivity contribution < 1.29 is 14.0 Å². The van der Waals surface area contributed by atoms with E-state index in [1.165, 1.54) is 11.8 Å². The Morgan fingerprint density at radius 3 is 3.00 bits per heavy atom. The van der Waals surface area contributed by atoms with Gasteiger partial charge in [-0.3, -0.25) is 14.6 Å². The van der Waals surface area contributed by atoms with Crippen molar-refractivity contribution in [1.82, 2.24) is 9.88 Å². The highest BCUT2D eigenvalue weighted by molar-refractivity contribution is 5.96. The molecule has 1 aliphatic carbocycles. The van der Waals surface area contributed by atoms with Crippen LogP contribution in [0, 0.1) is 0 Å². The number of pyridine rings is 1. The standard InChI is InChI=1S/C18H21N3O3/c1-2-21(14-7-3-5-12-6-4-9-20-17(12)14)18(23)13-8-10-24-15(13)11-16(19)22/h4,6,8-10,14H,2-3,5,7,11H2,1H3,(H2,19,22). The zero-order valence-electron chi connectivity index (χ0n) is 13.7. The number of fused-ring (bicyclic) bond motifs is 1. The van der Waals surface area contributed by atoms with Crippen molar-refractivity contribution >= 4 is 11.8 Å². The molecule has 24 heavy (non-hydrogen) atoms. The first-order chi connectivity index (χ1) is 11.6. The minimum Gasteiger partial charge on any atom is -0.468 e. The molecule has 1 atom stereocenters. The fourth-order valence-electron chi connectivity index (χ4n) is 3.37. The van der Waals surface area contributed by atoms with Gasteiger partial charge in [-0.05, 0) is 43.9 Å². The molecule has 2 amide bonds. The molecule has 0 saturated heterocycles. The number of hydrogen-bond acceptors (Lipinski definition) is 4. The highest BCUT2D eigenvalue weighted by Crippen LogP contribution is 2.33. The van der Waals surface area contributed by atoms with Gasteiger partial charge in [0.05, 0.1) is 30.0 Å². The Bertz CT molecular complexity index is 753. The van der Waals surface area contributed by atoms with Crippen LogP contribution in [0.15, 0.2) is 35.1 Å². The quantitative estimate of drug-likeness (QED) is 0.912. The van der Waals surface area contributed by atoms with Gasteiger partial charge in [0, 0.05) is 12.7 Å². The molecular weight excluding hydrogens is 306 g/mol. The van der Waals surface area contributed by atoms with E-state index in [-0.39, 0.29) is 18.4 Å². The van der Waals surface area contributed by atoms with E-state index >= 15 is 0 Å². The molecule has 0 saturated carbocycles. The number of aromatic nitrogens is 1. The van der Waals surface area contributed by atoms with E-state index in [0.29, 0.717) is 17.9 Å². The van der Waals surface area contributed by atoms with Crippen LogP contribution in [-0.4, -0.2) is 28.2 Å². The number of primary amides is 1. The van der Waals surface area contributed by atoms with Crippen LogP contribution in [0.1, 0.15) is 53.2 Å². The molecule has 0 bridgehead atoms. The van der Waals surface area contributed by atoms with Crippen molar-refractivity contribution in [3.63, 3.8) is 0 Å². The van der Waals surface area contributed by atoms with Gasteiger partial charge in [0.2, 0.25) is 5.91 Å². The summed E-state index contributed by atoms with van der Waals surface area (Å²) in [6.45, 7) is 2.50. The first-order valence-corrected chi connectivity index (χ1v) is 8.21. The molecule has 0 aliphatic heterocycles. The maximum Gasteiger partial charge on any atom is 0.257 e. The van der Waals surface area contributed by atoms with Crippen LogP contribution in [-0.2, 0) is 17.6 Å². The van der Waals surface area contributed by atoms with E-state index in [0.717, 1.165) is 25.0 Å². The van der Waals surface area contributed by atoms with E-state index in [4.69, 9.17) is 10.2 Å². The average Bonchev–Trinajstić information content (AvgIpc) is 3.03. The maximum absolute atomic E-state index is 13.0. The van der Waals surface area contributed by atoms with Crippen molar-refractivity contribution in [2.45, 2.75) is 38.6 Å². The molecule has 0 spiro atoms. The van der Waals surface area contributed by atoms with Crippen molar-refractivity contribution in [1.29, 1.82) is 0 Å². The van der Waals surface area contributed by atoms with E-state index < -0.39 is 5.91 Å². The Hall–Kier alpha value is -2.63. The van der Waals surface area contributed by atoms with Crippen LogP contribution in [0.25, 0.3) is 0 Å². The molecule has 1 aliphatic rings. The summed E-state index contributed by atoms with van der Waals surface area (Å²) >= 11 is 0. The predicted molar refractivity (Wildman–Crippen MR) is 88.2 cm³/mol. The lowest BCUT2D eigenvalue weighted by Gasteiger charge is -2.34. The van der Waals surface area contributed by atoms with Crippen LogP contribution < -0.4 is 5.73 Å². The van der Waals surface area contributed by atoms with Crippen LogP contribution in [0.2, 0.25) is 0 Å². The Labute approximate surface area is 140 Å². The minimum atomic E-state index is -0.522. The maximum atomic E-state index is 13.0. The Morgan fingerprint density at radius 1 is 1.42 bits per heavy atom. The number of carbonyl (C=O) groups excluding carboxylic acids is 2. The topological polar surface area (TPSA) is 89.4 Å². The summed E-state index contributed by atoms with van der Waals surface area (Å²) in [6.07, 6.45) is 6.01. The number of nitrogens with zero attached hydrogens (tertiary/aromatic N) is 2. The van der Waals surface area contributed by atoms with Crippen molar-refractivity contribution in [2.75, 3.05) is 6.54 Å². The van der Waals surface area contributed by atoms with Crippen LogP contribution >= 0.6 is 0 Å². The van der Waals surface area contributed by atoms with Crippen molar-refractivity contribution in [3.8, 4) is 0 Å². The van der Waals surface area contributed by atoms with Gasteiger partial charge in [-0.15, -0.1) is 0 Å². The molecule has 2 aromatic rings. The Balaban J connectivity index is 1.91. The largest absolute Gasteiger partial charge is 0.468 e. The molecule has 126 valence electrons. The predicted octanol–water partition coefficient (Wildman–Crippen LogP) is 2.24. The molecule has 6 nitrogen and oxygen atoms in total. The minimum absolute atomic E-state index is 0.0521. The summed E-state index contributed by atoms with van der Waals surface area (Å²) in [5.74, 6) is -0.347. The second-order valence-electron chi connectivity index (χ2n) is 5.95. The van der Waals surface area contributed by atoms with Gasteiger partial charge < -0.3 is 15.1 Å². The van der Waals surface area contributed by atoms with Gasteiger partial charge in [-0.2, -0.15) is 0 Å². The molecular formula is C18H21N3O3. The summed E-state index contributed by atoms with van der Waals surface area (Å²) in [4.78, 5) is 30.5. The van der Waals surface area contributed by atoms with E-state index in [1.807, 2.05) is 13.0 Å². The smallest absolute Gasteiger partial charge is 0.257 e.